The molecule has 0 nitrogen and oxygen atoms in total. The van der Waals surface area contributed by atoms with Gasteiger partial charge in [-0.3, -0.25) is 0 Å². The Morgan fingerprint density at radius 2 is 0.867 bits per heavy atom. The van der Waals surface area contributed by atoms with Gasteiger partial charge in [0.25, 0.3) is 0 Å². The highest BCUT2D eigenvalue weighted by molar-refractivity contribution is 9.10. The van der Waals surface area contributed by atoms with E-state index in [0.29, 0.717) is 20.1 Å². The summed E-state index contributed by atoms with van der Waals surface area (Å²) < 4.78 is 235. The maximum absolute atomic E-state index is 15.0. The molecule has 0 amide bonds. The van der Waals surface area contributed by atoms with Crippen LogP contribution < -0.4 is 0 Å². The fourth-order valence-electron chi connectivity index (χ4n) is 5.25. The molecule has 0 bridgehead atoms. The van der Waals surface area contributed by atoms with Crippen molar-refractivity contribution in [2.75, 3.05) is 0 Å². The lowest BCUT2D eigenvalue weighted by Gasteiger charge is -2.43. The van der Waals surface area contributed by atoms with Crippen molar-refractivity contribution in [2.24, 2.45) is 0 Å². The third-order valence-corrected chi connectivity index (χ3v) is 8.60. The molecule has 1 aliphatic rings. The van der Waals surface area contributed by atoms with Gasteiger partial charge >= 0.3 is 47.6 Å². The Kier molecular flexibility index (Phi) is 9.33. The van der Waals surface area contributed by atoms with Gasteiger partial charge in [-0.05, 0) is 59.4 Å². The zero-order valence-electron chi connectivity index (χ0n) is 22.0. The van der Waals surface area contributed by atoms with E-state index in [0.717, 1.165) is 0 Å². The van der Waals surface area contributed by atoms with Gasteiger partial charge in [0.2, 0.25) is 0 Å². The van der Waals surface area contributed by atoms with Gasteiger partial charge < -0.3 is 0 Å². The summed E-state index contributed by atoms with van der Waals surface area (Å²) in [6.07, 6.45) is -11.6. The minimum atomic E-state index is -8.65. The number of halogens is 19. The average molecular weight is 812 g/mol. The molecule has 0 fully saturated rings. The summed E-state index contributed by atoms with van der Waals surface area (Å²) in [5, 5.41) is 0. The fourth-order valence-corrected chi connectivity index (χ4v) is 5.98. The summed E-state index contributed by atoms with van der Waals surface area (Å²) in [7, 11) is 0. The summed E-state index contributed by atoms with van der Waals surface area (Å²) in [4.78, 5) is 0. The second-order valence-electron chi connectivity index (χ2n) is 10.4. The Morgan fingerprint density at radius 1 is 0.511 bits per heavy atom. The molecule has 0 unspecified atom stereocenters. The molecule has 0 radical (unpaired) electrons. The smallest absolute Gasteiger partial charge is 0.200 e. The highest BCUT2D eigenvalue weighted by Gasteiger charge is 2.95. The second kappa shape index (κ2) is 11.1. The van der Waals surface area contributed by atoms with E-state index >= 15 is 0 Å². The molecule has 0 atom stereocenters. The van der Waals surface area contributed by atoms with Crippen molar-refractivity contribution < 1.29 is 74.6 Å². The molecule has 0 spiro atoms. The van der Waals surface area contributed by atoms with Crippen LogP contribution in [0.5, 0.6) is 0 Å². The topological polar surface area (TPSA) is 0 Å². The van der Waals surface area contributed by atoms with E-state index in [9.17, 15) is 74.6 Å². The Morgan fingerprint density at radius 3 is 1.22 bits per heavy atom. The van der Waals surface area contributed by atoms with Gasteiger partial charge in [0.15, 0.2) is 0 Å². The van der Waals surface area contributed by atoms with Crippen LogP contribution in [0.3, 0.4) is 0 Å². The summed E-state index contributed by atoms with van der Waals surface area (Å²) >= 11 is 6.28. The van der Waals surface area contributed by atoms with Gasteiger partial charge in [-0.2, -0.15) is 74.6 Å². The van der Waals surface area contributed by atoms with Crippen molar-refractivity contribution in [3.63, 3.8) is 0 Å². The predicted molar refractivity (Wildman–Crippen MR) is 133 cm³/mol. The zero-order valence-corrected chi connectivity index (χ0v) is 25.1. The number of hydrogen-bond donors (Lipinski definition) is 0. The first-order valence-corrected chi connectivity index (χ1v) is 13.9. The van der Waals surface area contributed by atoms with Crippen LogP contribution in [0.2, 0.25) is 0 Å². The van der Waals surface area contributed by atoms with Crippen LogP contribution in [0.4, 0.5) is 74.6 Å². The molecule has 0 saturated carbocycles. The van der Waals surface area contributed by atoms with Gasteiger partial charge in [0.1, 0.15) is 0 Å². The third-order valence-electron chi connectivity index (χ3n) is 7.61. The summed E-state index contributed by atoms with van der Waals surface area (Å²) in [6, 6.07) is 8.75. The van der Waals surface area contributed by atoms with Crippen LogP contribution in [0.15, 0.2) is 45.3 Å². The summed E-state index contributed by atoms with van der Waals surface area (Å²) in [6.45, 7) is 1.51. The first kappa shape index (κ1) is 37.7. The van der Waals surface area contributed by atoms with E-state index < -0.39 is 65.9 Å². The molecule has 19 heteroatoms. The minimum absolute atomic E-state index is 0.114. The van der Waals surface area contributed by atoms with E-state index in [2.05, 4.69) is 31.9 Å². The van der Waals surface area contributed by atoms with Crippen LogP contribution in [-0.2, 0) is 5.41 Å². The Hall–Kier alpha value is -1.79. The Bertz CT molecular complexity index is 1380. The molecule has 45 heavy (non-hydrogen) atoms. The molecule has 0 heterocycles. The van der Waals surface area contributed by atoms with Crippen molar-refractivity contribution in [2.45, 2.75) is 85.7 Å². The molecule has 0 saturated heterocycles. The van der Waals surface area contributed by atoms with Crippen molar-refractivity contribution in [1.82, 2.24) is 0 Å². The van der Waals surface area contributed by atoms with Crippen LogP contribution in [0, 0.1) is 0 Å². The second-order valence-corrected chi connectivity index (χ2v) is 12.2. The van der Waals surface area contributed by atoms with E-state index in [-0.39, 0.29) is 24.0 Å². The number of benzene rings is 2. The number of rotatable bonds is 11. The average Bonchev–Trinajstić information content (AvgIpc) is 3.14. The number of alkyl halides is 17. The summed E-state index contributed by atoms with van der Waals surface area (Å²) in [5.74, 6) is -56.4. The standard InChI is InChI=1S/C26H17Br2F17/c1-2-7-18(16-10-12(27)3-5-14(16)15-6-4-13(28)11-17(15)18)8-9-19(29,30)20(31,32)21(33,34)22(35,36)23(37,38)24(39,40)25(41,42)26(43,44)45/h3-6,10-11H,2,7-9H2,1H3. The monoisotopic (exact) mass is 810 g/mol. The predicted octanol–water partition coefficient (Wildman–Crippen LogP) is 12.1. The largest absolute Gasteiger partial charge is 0.460 e. The maximum Gasteiger partial charge on any atom is 0.460 e. The van der Waals surface area contributed by atoms with Crippen LogP contribution >= 0.6 is 31.9 Å². The van der Waals surface area contributed by atoms with Crippen molar-refractivity contribution >= 4 is 31.9 Å². The van der Waals surface area contributed by atoms with Crippen molar-refractivity contribution in [3.8, 4) is 11.1 Å². The minimum Gasteiger partial charge on any atom is -0.200 e. The molecule has 2 aromatic carbocycles. The lowest BCUT2D eigenvalue weighted by molar-refractivity contribution is -0.461. The molecule has 0 aromatic heterocycles. The fraction of sp³-hybridized carbons (Fsp3) is 0.538. The van der Waals surface area contributed by atoms with Crippen molar-refractivity contribution in [3.05, 3.63) is 56.5 Å². The van der Waals surface area contributed by atoms with Gasteiger partial charge in [-0.1, -0.05) is 57.3 Å². The number of fused-ring (bicyclic) bond motifs is 3. The summed E-state index contributed by atoms with van der Waals surface area (Å²) in [5.41, 5.74) is -0.620. The first-order chi connectivity index (χ1) is 20.0. The quantitative estimate of drug-likeness (QED) is 0.198. The van der Waals surface area contributed by atoms with E-state index in [4.69, 9.17) is 0 Å². The molecule has 3 rings (SSSR count). The van der Waals surface area contributed by atoms with Gasteiger partial charge in [-0.15, -0.1) is 0 Å². The highest BCUT2D eigenvalue weighted by atomic mass is 79.9. The molecule has 1 aliphatic carbocycles. The number of hydrogen-bond acceptors (Lipinski definition) is 0. The van der Waals surface area contributed by atoms with Crippen LogP contribution in [0.1, 0.15) is 43.7 Å². The third kappa shape index (κ3) is 5.23. The lowest BCUT2D eigenvalue weighted by Crippen LogP contribution is -2.74. The zero-order chi connectivity index (χ0) is 35.0. The Balaban J connectivity index is 2.11. The van der Waals surface area contributed by atoms with Gasteiger partial charge in [0, 0.05) is 20.8 Å². The molecule has 0 N–H and O–H groups in total. The van der Waals surface area contributed by atoms with E-state index in [1.807, 2.05) is 0 Å². The molecular weight excluding hydrogens is 795 g/mol. The molecule has 0 aliphatic heterocycles. The normalized spacial score (nSPS) is 16.5. The van der Waals surface area contributed by atoms with Gasteiger partial charge in [0.05, 0.1) is 0 Å². The first-order valence-electron chi connectivity index (χ1n) is 12.3. The SMILES string of the molecule is CCCC1(CCC(F)(F)C(F)(F)C(F)(F)C(F)(F)C(F)(F)C(F)(F)C(F)(F)C(F)(F)F)c2cc(Br)ccc2-c2ccc(Br)cc21. The lowest BCUT2D eigenvalue weighted by atomic mass is 9.70. The highest BCUT2D eigenvalue weighted by Crippen LogP contribution is 2.65. The molecule has 2 aromatic rings. The van der Waals surface area contributed by atoms with E-state index in [1.165, 1.54) is 43.3 Å². The van der Waals surface area contributed by atoms with Crippen molar-refractivity contribution in [1.29, 1.82) is 0 Å². The van der Waals surface area contributed by atoms with Crippen LogP contribution in [0.25, 0.3) is 11.1 Å². The Labute approximate surface area is 259 Å². The van der Waals surface area contributed by atoms with E-state index in [1.54, 1.807) is 0 Å². The van der Waals surface area contributed by atoms with Crippen LogP contribution in [-0.4, -0.2) is 47.6 Å². The molecular formula is C26H17Br2F17. The molecule has 254 valence electrons. The maximum atomic E-state index is 15.0. The van der Waals surface area contributed by atoms with Gasteiger partial charge in [-0.25, -0.2) is 0 Å².